The van der Waals surface area contributed by atoms with Gasteiger partial charge in [0.25, 0.3) is 0 Å². The normalized spacial score (nSPS) is 13.6. The Morgan fingerprint density at radius 3 is 2.82 bits per heavy atom. The molecule has 0 saturated heterocycles. The molecule has 4 heteroatoms. The van der Waals surface area contributed by atoms with Gasteiger partial charge in [-0.3, -0.25) is 0 Å². The molecule has 0 spiro atoms. The van der Waals surface area contributed by atoms with Crippen molar-refractivity contribution in [2.45, 2.75) is 13.2 Å². The van der Waals surface area contributed by atoms with Crippen molar-refractivity contribution in [2.75, 3.05) is 13.7 Å². The molecule has 64 valence electrons. The summed E-state index contributed by atoms with van der Waals surface area (Å²) in [6.07, 6.45) is 2.15. The smallest absolute Gasteiger partial charge is 0.328 e. The fourth-order valence-electron chi connectivity index (χ4n) is 0.408. The third-order valence-corrected chi connectivity index (χ3v) is 1.02. The van der Waals surface area contributed by atoms with Crippen molar-refractivity contribution in [1.29, 1.82) is 0 Å². The summed E-state index contributed by atoms with van der Waals surface area (Å²) in [6.45, 7) is 1.98. The summed E-state index contributed by atoms with van der Waals surface area (Å²) in [5.74, 6) is -0.973. The average molecular weight is 160 g/mol. The van der Waals surface area contributed by atoms with Gasteiger partial charge in [0.15, 0.2) is 6.29 Å². The van der Waals surface area contributed by atoms with E-state index in [1.807, 2.05) is 0 Å². The van der Waals surface area contributed by atoms with Crippen LogP contribution in [0.2, 0.25) is 0 Å². The highest BCUT2D eigenvalue weighted by Gasteiger charge is 1.94. The highest BCUT2D eigenvalue weighted by Crippen LogP contribution is 1.89. The van der Waals surface area contributed by atoms with Gasteiger partial charge in [-0.05, 0) is 6.92 Å². The molecule has 0 aliphatic rings. The van der Waals surface area contributed by atoms with Crippen LogP contribution in [0.25, 0.3) is 0 Å². The second-order valence-corrected chi connectivity index (χ2v) is 1.88. The minimum absolute atomic E-state index is 0.251. The van der Waals surface area contributed by atoms with Gasteiger partial charge in [0.1, 0.15) is 0 Å². The molecule has 0 aliphatic carbocycles. The Balaban J connectivity index is 3.33. The van der Waals surface area contributed by atoms with E-state index in [2.05, 4.69) is 0 Å². The highest BCUT2D eigenvalue weighted by molar-refractivity contribution is 5.79. The van der Waals surface area contributed by atoms with E-state index in [4.69, 9.17) is 14.6 Å². The van der Waals surface area contributed by atoms with Crippen LogP contribution in [0.4, 0.5) is 0 Å². The third kappa shape index (κ3) is 7.02. The third-order valence-electron chi connectivity index (χ3n) is 1.02. The average Bonchev–Trinajstić information content (AvgIpc) is 1.97. The van der Waals surface area contributed by atoms with E-state index in [-0.39, 0.29) is 12.9 Å². The molecule has 1 unspecified atom stereocenters. The molecule has 0 aromatic carbocycles. The minimum atomic E-state index is -0.973. The van der Waals surface area contributed by atoms with Crippen LogP contribution in [0.5, 0.6) is 0 Å². The van der Waals surface area contributed by atoms with E-state index >= 15 is 0 Å². The molecule has 0 bridgehead atoms. The maximum atomic E-state index is 9.94. The molecule has 1 N–H and O–H groups in total. The predicted molar refractivity (Wildman–Crippen MR) is 39.2 cm³/mol. The lowest BCUT2D eigenvalue weighted by molar-refractivity contribution is -0.131. The molecule has 0 aromatic heterocycles. The second kappa shape index (κ2) is 5.88. The molecule has 11 heavy (non-hydrogen) atoms. The molecular weight excluding hydrogens is 148 g/mol. The van der Waals surface area contributed by atoms with Crippen molar-refractivity contribution in [3.63, 3.8) is 0 Å². The number of hydrogen-bond donors (Lipinski definition) is 1. The fraction of sp³-hybridized carbons (Fsp3) is 0.571. The lowest BCUT2D eigenvalue weighted by atomic mass is 10.5. The Morgan fingerprint density at radius 1 is 1.73 bits per heavy atom. The molecule has 0 rings (SSSR count). The number of carboxylic acids is 1. The molecule has 0 radical (unpaired) electrons. The Kier molecular flexibility index (Phi) is 5.42. The summed E-state index contributed by atoms with van der Waals surface area (Å²) < 4.78 is 9.72. The molecular formula is C7H12O4. The SMILES string of the molecule is COC(C)OC/C=C/C(=O)O. The van der Waals surface area contributed by atoms with Gasteiger partial charge < -0.3 is 14.6 Å². The quantitative estimate of drug-likeness (QED) is 0.473. The molecule has 0 amide bonds. The molecule has 0 aliphatic heterocycles. The molecule has 0 heterocycles. The number of hydrogen-bond acceptors (Lipinski definition) is 3. The summed E-state index contributed by atoms with van der Waals surface area (Å²) in [6, 6.07) is 0. The summed E-state index contributed by atoms with van der Waals surface area (Å²) >= 11 is 0. The number of ether oxygens (including phenoxy) is 2. The Hall–Kier alpha value is -0.870. The first-order valence-electron chi connectivity index (χ1n) is 3.20. The van der Waals surface area contributed by atoms with Crippen LogP contribution in [0.3, 0.4) is 0 Å². The summed E-state index contributed by atoms with van der Waals surface area (Å²) in [7, 11) is 1.52. The number of rotatable bonds is 5. The van der Waals surface area contributed by atoms with Crippen molar-refractivity contribution in [1.82, 2.24) is 0 Å². The Labute approximate surface area is 65.4 Å². The molecule has 4 nitrogen and oxygen atoms in total. The van der Waals surface area contributed by atoms with Crippen LogP contribution in [-0.4, -0.2) is 31.1 Å². The van der Waals surface area contributed by atoms with Crippen LogP contribution >= 0.6 is 0 Å². The van der Waals surface area contributed by atoms with E-state index in [9.17, 15) is 4.79 Å². The predicted octanol–water partition coefficient (Wildman–Crippen LogP) is 0.636. The maximum absolute atomic E-state index is 9.94. The van der Waals surface area contributed by atoms with Crippen LogP contribution in [0.1, 0.15) is 6.92 Å². The van der Waals surface area contributed by atoms with Crippen LogP contribution in [0.15, 0.2) is 12.2 Å². The molecule has 0 saturated carbocycles. The summed E-state index contributed by atoms with van der Waals surface area (Å²) in [5, 5.41) is 8.16. The van der Waals surface area contributed by atoms with Crippen molar-refractivity contribution in [3.05, 3.63) is 12.2 Å². The van der Waals surface area contributed by atoms with Gasteiger partial charge in [0, 0.05) is 13.2 Å². The van der Waals surface area contributed by atoms with E-state index in [1.165, 1.54) is 13.2 Å². The van der Waals surface area contributed by atoms with Crippen molar-refractivity contribution in [3.8, 4) is 0 Å². The summed E-state index contributed by atoms with van der Waals surface area (Å²) in [5.41, 5.74) is 0. The first-order valence-corrected chi connectivity index (χ1v) is 3.20. The zero-order valence-electron chi connectivity index (χ0n) is 6.61. The van der Waals surface area contributed by atoms with Gasteiger partial charge in [-0.2, -0.15) is 0 Å². The summed E-state index contributed by atoms with van der Waals surface area (Å²) in [4.78, 5) is 9.94. The minimum Gasteiger partial charge on any atom is -0.478 e. The molecule has 0 aromatic rings. The largest absolute Gasteiger partial charge is 0.478 e. The second-order valence-electron chi connectivity index (χ2n) is 1.88. The lowest BCUT2D eigenvalue weighted by Crippen LogP contribution is -2.09. The Morgan fingerprint density at radius 2 is 2.36 bits per heavy atom. The van der Waals surface area contributed by atoms with Gasteiger partial charge in [0.2, 0.25) is 0 Å². The van der Waals surface area contributed by atoms with E-state index in [0.717, 1.165) is 6.08 Å². The topological polar surface area (TPSA) is 55.8 Å². The van der Waals surface area contributed by atoms with Gasteiger partial charge in [0.05, 0.1) is 6.61 Å². The van der Waals surface area contributed by atoms with Crippen molar-refractivity contribution < 1.29 is 19.4 Å². The zero-order valence-corrected chi connectivity index (χ0v) is 6.61. The molecule has 1 atom stereocenters. The zero-order chi connectivity index (χ0) is 8.69. The highest BCUT2D eigenvalue weighted by atomic mass is 16.7. The molecule has 0 fully saturated rings. The first kappa shape index (κ1) is 10.1. The fourth-order valence-corrected chi connectivity index (χ4v) is 0.408. The Bertz CT molecular complexity index is 141. The monoisotopic (exact) mass is 160 g/mol. The van der Waals surface area contributed by atoms with Crippen LogP contribution < -0.4 is 0 Å². The number of methoxy groups -OCH3 is 1. The lowest BCUT2D eigenvalue weighted by Gasteiger charge is -2.07. The van der Waals surface area contributed by atoms with Gasteiger partial charge in [-0.15, -0.1) is 0 Å². The van der Waals surface area contributed by atoms with Crippen LogP contribution in [0, 0.1) is 0 Å². The van der Waals surface area contributed by atoms with Crippen molar-refractivity contribution in [2.24, 2.45) is 0 Å². The first-order chi connectivity index (χ1) is 5.16. The van der Waals surface area contributed by atoms with Crippen molar-refractivity contribution >= 4 is 5.97 Å². The number of aliphatic carboxylic acids is 1. The number of carboxylic acid groups (broad SMARTS) is 1. The maximum Gasteiger partial charge on any atom is 0.328 e. The van der Waals surface area contributed by atoms with Gasteiger partial charge in [-0.25, -0.2) is 4.79 Å². The van der Waals surface area contributed by atoms with Gasteiger partial charge in [-0.1, -0.05) is 6.08 Å². The standard InChI is InChI=1S/C7H12O4/c1-6(10-2)11-5-3-4-7(8)9/h3-4,6H,5H2,1-2H3,(H,8,9)/b4-3+. The van der Waals surface area contributed by atoms with E-state index in [1.54, 1.807) is 6.92 Å². The van der Waals surface area contributed by atoms with E-state index in [0.29, 0.717) is 0 Å². The number of carbonyl (C=O) groups is 1. The van der Waals surface area contributed by atoms with Crippen LogP contribution in [-0.2, 0) is 14.3 Å². The van der Waals surface area contributed by atoms with E-state index < -0.39 is 5.97 Å². The van der Waals surface area contributed by atoms with Gasteiger partial charge >= 0.3 is 5.97 Å².